The van der Waals surface area contributed by atoms with Gasteiger partial charge in [-0.1, -0.05) is 13.8 Å². The molecule has 1 saturated heterocycles. The number of ketones is 2. The van der Waals surface area contributed by atoms with Gasteiger partial charge in [0.05, 0.1) is 0 Å². The van der Waals surface area contributed by atoms with Crippen LogP contribution in [0, 0.1) is 11.3 Å². The van der Waals surface area contributed by atoms with Crippen LogP contribution in [0.15, 0.2) is 18.5 Å². The molecule has 7 heteroatoms. The number of carbonyl (C=O) groups is 3. The minimum absolute atomic E-state index is 0.0160. The summed E-state index contributed by atoms with van der Waals surface area (Å²) >= 11 is 0. The zero-order valence-corrected chi connectivity index (χ0v) is 14.7. The van der Waals surface area contributed by atoms with Crippen molar-refractivity contribution in [2.45, 2.75) is 40.2 Å². The topological polar surface area (TPSA) is 89.5 Å². The van der Waals surface area contributed by atoms with Gasteiger partial charge < -0.3 is 9.64 Å². The number of piperidine rings is 1. The Kier molecular flexibility index (Phi) is 4.73. The highest BCUT2D eigenvalue weighted by atomic mass is 16.6. The molecule has 0 aromatic carbocycles. The molecule has 1 aromatic heterocycles. The number of hydrogen-bond donors (Lipinski definition) is 0. The Hall–Kier alpha value is -2.31. The Morgan fingerprint density at radius 3 is 2.38 bits per heavy atom. The minimum atomic E-state index is -0.983. The van der Waals surface area contributed by atoms with Crippen molar-refractivity contribution < 1.29 is 19.1 Å². The van der Waals surface area contributed by atoms with E-state index in [-0.39, 0.29) is 24.7 Å². The molecule has 1 atom stereocenters. The second-order valence-electron chi connectivity index (χ2n) is 7.60. The van der Waals surface area contributed by atoms with E-state index < -0.39 is 28.8 Å². The third-order valence-electron chi connectivity index (χ3n) is 3.73. The molecule has 1 aliphatic rings. The molecule has 7 nitrogen and oxygen atoms in total. The van der Waals surface area contributed by atoms with Gasteiger partial charge in [-0.2, -0.15) is 0 Å². The van der Waals surface area contributed by atoms with E-state index in [9.17, 15) is 14.4 Å². The number of carbonyl (C=O) groups excluding carboxylic acids is 3. The minimum Gasteiger partial charge on any atom is -0.444 e. The fourth-order valence-electron chi connectivity index (χ4n) is 2.64. The molecule has 2 rings (SSSR count). The fraction of sp³-hybridized carbons (Fsp3) is 0.588. The Bertz CT molecular complexity index is 650. The van der Waals surface area contributed by atoms with Crippen LogP contribution in [0.1, 0.15) is 45.2 Å². The number of likely N-dealkylation sites (tertiary alicyclic amines) is 1. The lowest BCUT2D eigenvalue weighted by molar-refractivity contribution is -0.134. The summed E-state index contributed by atoms with van der Waals surface area (Å²) in [6, 6.07) is 1.59. The molecule has 1 amide bonds. The Morgan fingerprint density at radius 1 is 1.25 bits per heavy atom. The molecule has 0 aliphatic carbocycles. The van der Waals surface area contributed by atoms with Crippen LogP contribution in [0.2, 0.25) is 0 Å². The number of hydrogen-bond acceptors (Lipinski definition) is 6. The van der Waals surface area contributed by atoms with Crippen molar-refractivity contribution in [3.63, 3.8) is 0 Å². The Balaban J connectivity index is 2.26. The van der Waals surface area contributed by atoms with E-state index in [1.54, 1.807) is 40.7 Å². The van der Waals surface area contributed by atoms with Crippen LogP contribution < -0.4 is 0 Å². The van der Waals surface area contributed by atoms with Gasteiger partial charge in [0.2, 0.25) is 5.78 Å². The Morgan fingerprint density at radius 2 is 1.83 bits per heavy atom. The first kappa shape index (κ1) is 18.0. The molecule has 0 radical (unpaired) electrons. The van der Waals surface area contributed by atoms with E-state index in [2.05, 4.69) is 9.97 Å². The highest BCUT2D eigenvalue weighted by molar-refractivity contribution is 6.11. The monoisotopic (exact) mass is 333 g/mol. The number of rotatable bonds is 2. The summed E-state index contributed by atoms with van der Waals surface area (Å²) in [5.74, 6) is -1.68. The van der Waals surface area contributed by atoms with Crippen molar-refractivity contribution in [3.8, 4) is 0 Å². The molecular formula is C17H23N3O4. The van der Waals surface area contributed by atoms with Crippen LogP contribution in [0.4, 0.5) is 4.79 Å². The fourth-order valence-corrected chi connectivity index (χ4v) is 2.64. The van der Waals surface area contributed by atoms with E-state index in [0.717, 1.165) is 0 Å². The summed E-state index contributed by atoms with van der Waals surface area (Å²) in [6.45, 7) is 8.94. The summed E-state index contributed by atoms with van der Waals surface area (Å²) in [5, 5.41) is 0. The maximum absolute atomic E-state index is 12.7. The van der Waals surface area contributed by atoms with E-state index in [1.807, 2.05) is 0 Å². The van der Waals surface area contributed by atoms with E-state index in [4.69, 9.17) is 4.74 Å². The number of ether oxygens (including phenoxy) is 1. The smallest absolute Gasteiger partial charge is 0.410 e. The van der Waals surface area contributed by atoms with Crippen molar-refractivity contribution in [1.82, 2.24) is 14.9 Å². The average molecular weight is 333 g/mol. The average Bonchev–Trinajstić information content (AvgIpc) is 2.48. The summed E-state index contributed by atoms with van der Waals surface area (Å²) in [7, 11) is 0. The summed E-state index contributed by atoms with van der Waals surface area (Å²) in [6.07, 6.45) is 2.36. The van der Waals surface area contributed by atoms with Crippen molar-refractivity contribution in [2.24, 2.45) is 11.3 Å². The molecule has 0 bridgehead atoms. The highest BCUT2D eigenvalue weighted by Gasteiger charge is 2.47. The lowest BCUT2D eigenvalue weighted by Crippen LogP contribution is -2.56. The van der Waals surface area contributed by atoms with Crippen molar-refractivity contribution in [3.05, 3.63) is 24.3 Å². The van der Waals surface area contributed by atoms with Crippen LogP contribution in [0.3, 0.4) is 0 Å². The largest absolute Gasteiger partial charge is 0.444 e. The maximum Gasteiger partial charge on any atom is 0.410 e. The highest BCUT2D eigenvalue weighted by Crippen LogP contribution is 2.31. The third kappa shape index (κ3) is 3.96. The van der Waals surface area contributed by atoms with Gasteiger partial charge in [-0.25, -0.2) is 14.8 Å². The second-order valence-corrected chi connectivity index (χ2v) is 7.60. The summed E-state index contributed by atoms with van der Waals surface area (Å²) in [4.78, 5) is 46.9. The predicted molar refractivity (Wildman–Crippen MR) is 86.4 cm³/mol. The quantitative estimate of drug-likeness (QED) is 0.608. The molecule has 24 heavy (non-hydrogen) atoms. The third-order valence-corrected chi connectivity index (χ3v) is 3.73. The van der Waals surface area contributed by atoms with Crippen LogP contribution in [-0.2, 0) is 9.53 Å². The maximum atomic E-state index is 12.7. The van der Waals surface area contributed by atoms with Gasteiger partial charge in [0.15, 0.2) is 11.6 Å². The number of amides is 1. The normalized spacial score (nSPS) is 20.6. The lowest BCUT2D eigenvalue weighted by Gasteiger charge is -2.40. The molecule has 1 aliphatic heterocycles. The van der Waals surface area contributed by atoms with Crippen molar-refractivity contribution in [1.29, 1.82) is 0 Å². The molecule has 0 saturated carbocycles. The lowest BCUT2D eigenvalue weighted by atomic mass is 9.75. The molecule has 130 valence electrons. The first-order chi connectivity index (χ1) is 11.0. The molecule has 0 N–H and O–H groups in total. The van der Waals surface area contributed by atoms with Crippen molar-refractivity contribution in [2.75, 3.05) is 13.1 Å². The van der Waals surface area contributed by atoms with E-state index in [0.29, 0.717) is 0 Å². The number of nitrogens with zero attached hydrogens (tertiary/aromatic N) is 3. The SMILES string of the molecule is CC(C)(C)OC(=O)N1CC(C(=O)c2ncccn2)C(=O)C(C)(C)C1. The van der Waals surface area contributed by atoms with Crippen molar-refractivity contribution >= 4 is 17.7 Å². The van der Waals surface area contributed by atoms with Gasteiger partial charge in [0.1, 0.15) is 11.5 Å². The molecule has 1 aromatic rings. The van der Waals surface area contributed by atoms with Gasteiger partial charge in [-0.05, 0) is 26.8 Å². The van der Waals surface area contributed by atoms with Gasteiger partial charge in [0, 0.05) is 30.9 Å². The predicted octanol–water partition coefficient (Wildman–Crippen LogP) is 2.12. The van der Waals surface area contributed by atoms with Gasteiger partial charge in [-0.3, -0.25) is 9.59 Å². The van der Waals surface area contributed by atoms with E-state index in [1.165, 1.54) is 17.3 Å². The zero-order valence-electron chi connectivity index (χ0n) is 14.7. The molecular weight excluding hydrogens is 310 g/mol. The van der Waals surface area contributed by atoms with Crippen LogP contribution >= 0.6 is 0 Å². The van der Waals surface area contributed by atoms with E-state index >= 15 is 0 Å². The molecule has 1 unspecified atom stereocenters. The number of Topliss-reactive ketones (excluding diaryl/α,β-unsaturated/α-hetero) is 2. The van der Waals surface area contributed by atoms with Gasteiger partial charge in [-0.15, -0.1) is 0 Å². The number of aromatic nitrogens is 2. The summed E-state index contributed by atoms with van der Waals surface area (Å²) in [5.41, 5.74) is -1.49. The van der Waals surface area contributed by atoms with Crippen LogP contribution in [-0.4, -0.2) is 51.2 Å². The molecule has 2 heterocycles. The van der Waals surface area contributed by atoms with Gasteiger partial charge in [0.25, 0.3) is 0 Å². The molecule has 1 fully saturated rings. The van der Waals surface area contributed by atoms with Crippen LogP contribution in [0.25, 0.3) is 0 Å². The second kappa shape index (κ2) is 6.30. The standard InChI is InChI=1S/C17H23N3O4/c1-16(2,3)24-15(23)20-9-11(13(22)17(4,5)10-20)12(21)14-18-7-6-8-19-14/h6-8,11H,9-10H2,1-5H3. The summed E-state index contributed by atoms with van der Waals surface area (Å²) < 4.78 is 5.37. The first-order valence-corrected chi connectivity index (χ1v) is 7.85. The Labute approximate surface area is 141 Å². The molecule has 0 spiro atoms. The van der Waals surface area contributed by atoms with Gasteiger partial charge >= 0.3 is 6.09 Å². The first-order valence-electron chi connectivity index (χ1n) is 7.85. The van der Waals surface area contributed by atoms with Crippen LogP contribution in [0.5, 0.6) is 0 Å². The zero-order chi connectivity index (χ0) is 18.1.